The Morgan fingerprint density at radius 3 is 2.48 bits per heavy atom. The normalized spacial score (nSPS) is 22.6. The molecule has 1 aliphatic heterocycles. The quantitative estimate of drug-likeness (QED) is 0.145. The number of nitrogen functional groups attached to an aromatic ring is 1. The van der Waals surface area contributed by atoms with Gasteiger partial charge in [-0.25, -0.2) is 14.2 Å². The van der Waals surface area contributed by atoms with Crippen LogP contribution in [-0.2, 0) is 20.7 Å². The minimum Gasteiger partial charge on any atom is -0.479 e. The molecule has 6 N–H and O–H groups in total. The zero-order valence-electron chi connectivity index (χ0n) is 20.7. The van der Waals surface area contributed by atoms with E-state index in [0.29, 0.717) is 5.56 Å². The summed E-state index contributed by atoms with van der Waals surface area (Å²) < 4.78 is 27.5. The molecule has 210 valence electrons. The number of imidazole rings is 1. The summed E-state index contributed by atoms with van der Waals surface area (Å²) >= 11 is 5.87. The van der Waals surface area contributed by atoms with E-state index in [-0.39, 0.29) is 22.3 Å². The van der Waals surface area contributed by atoms with Crippen LogP contribution in [0.25, 0.3) is 22.3 Å². The number of anilines is 1. The van der Waals surface area contributed by atoms with Crippen molar-refractivity contribution in [3.63, 3.8) is 0 Å². The number of carboxylic acid groups (broad SMARTS) is 1. The topological polar surface area (TPSA) is 186 Å². The molecule has 0 amide bonds. The highest BCUT2D eigenvalue weighted by Gasteiger charge is 2.51. The highest BCUT2D eigenvalue weighted by atomic mass is 35.5. The second-order valence-electron chi connectivity index (χ2n) is 9.32. The van der Waals surface area contributed by atoms with Gasteiger partial charge in [0.2, 0.25) is 10.9 Å². The van der Waals surface area contributed by atoms with E-state index in [0.717, 1.165) is 11.1 Å². The van der Waals surface area contributed by atoms with Crippen molar-refractivity contribution in [2.45, 2.75) is 42.9 Å². The second-order valence-corrected chi connectivity index (χ2v) is 9.66. The zero-order chi connectivity index (χ0) is 28.6. The Balaban J connectivity index is 1.35. The molecular weight excluding hydrogens is 549 g/mol. The molecule has 3 heterocycles. The molecule has 40 heavy (non-hydrogen) atoms. The average molecular weight is 574 g/mol. The number of halogens is 2. The molecule has 2 aromatic heterocycles. The molecule has 1 unspecified atom stereocenters. The third kappa shape index (κ3) is 5.10. The van der Waals surface area contributed by atoms with E-state index in [2.05, 4.69) is 15.0 Å². The maximum Gasteiger partial charge on any atom is 0.341 e. The van der Waals surface area contributed by atoms with Crippen LogP contribution in [0.5, 0.6) is 0 Å². The zero-order valence-corrected chi connectivity index (χ0v) is 21.5. The molecule has 0 aliphatic carbocycles. The molecule has 4 aromatic rings. The van der Waals surface area contributed by atoms with Crippen LogP contribution in [0.2, 0.25) is 5.28 Å². The number of benzene rings is 2. The number of fused-ring (bicyclic) bond motifs is 1. The van der Waals surface area contributed by atoms with Crippen molar-refractivity contribution >= 4 is 34.6 Å². The van der Waals surface area contributed by atoms with Gasteiger partial charge < -0.3 is 35.6 Å². The summed E-state index contributed by atoms with van der Waals surface area (Å²) in [5.41, 5.74) is 5.70. The van der Waals surface area contributed by atoms with E-state index in [1.54, 1.807) is 24.3 Å². The summed E-state index contributed by atoms with van der Waals surface area (Å²) in [6.07, 6.45) is -8.31. The molecule has 0 saturated carbocycles. The van der Waals surface area contributed by atoms with Crippen LogP contribution in [-0.4, -0.2) is 82.8 Å². The van der Waals surface area contributed by atoms with Crippen molar-refractivity contribution in [2.75, 3.05) is 12.3 Å². The number of nitrogens with two attached hydrogens (primary N) is 1. The van der Waals surface area contributed by atoms with Crippen LogP contribution < -0.4 is 5.73 Å². The van der Waals surface area contributed by atoms with Gasteiger partial charge in [0.1, 0.15) is 17.7 Å². The third-order valence-corrected chi connectivity index (χ3v) is 6.97. The van der Waals surface area contributed by atoms with E-state index < -0.39 is 55.5 Å². The lowest BCUT2D eigenvalue weighted by Gasteiger charge is -2.32. The first-order valence-corrected chi connectivity index (χ1v) is 12.5. The van der Waals surface area contributed by atoms with Crippen LogP contribution in [0.3, 0.4) is 0 Å². The highest BCUT2D eigenvalue weighted by Crippen LogP contribution is 2.36. The first-order valence-electron chi connectivity index (χ1n) is 12.1. The number of nitrogens with zero attached hydrogens (tertiary/aromatic N) is 4. The van der Waals surface area contributed by atoms with Gasteiger partial charge in [-0.2, -0.15) is 9.97 Å². The average Bonchev–Trinajstić information content (AvgIpc) is 3.47. The first-order chi connectivity index (χ1) is 19.1. The van der Waals surface area contributed by atoms with Crippen molar-refractivity contribution < 1.29 is 39.1 Å². The lowest BCUT2D eigenvalue weighted by Crippen LogP contribution is -2.55. The summed E-state index contributed by atoms with van der Waals surface area (Å²) in [6, 6.07) is 16.3. The van der Waals surface area contributed by atoms with Gasteiger partial charge in [-0.15, -0.1) is 0 Å². The van der Waals surface area contributed by atoms with Gasteiger partial charge in [-0.1, -0.05) is 54.6 Å². The van der Waals surface area contributed by atoms with Crippen molar-refractivity contribution in [3.8, 4) is 11.1 Å². The monoisotopic (exact) mass is 573 g/mol. The van der Waals surface area contributed by atoms with Crippen molar-refractivity contribution in [2.24, 2.45) is 0 Å². The Labute approximate surface area is 231 Å². The Hall–Kier alpha value is -3.72. The van der Waals surface area contributed by atoms with Crippen LogP contribution in [0.1, 0.15) is 11.8 Å². The fraction of sp³-hybridized carbons (Fsp3) is 0.308. The molecule has 1 aliphatic rings. The van der Waals surface area contributed by atoms with Crippen LogP contribution in [0, 0.1) is 0 Å². The van der Waals surface area contributed by atoms with E-state index in [1.165, 1.54) is 10.9 Å². The molecule has 0 bridgehead atoms. The number of carbonyl (C=O) groups is 1. The summed E-state index contributed by atoms with van der Waals surface area (Å²) in [5.74, 6) is -1.71. The number of hydrogen-bond acceptors (Lipinski definition) is 10. The second kappa shape index (κ2) is 11.0. The predicted molar refractivity (Wildman–Crippen MR) is 140 cm³/mol. The highest BCUT2D eigenvalue weighted by molar-refractivity contribution is 6.28. The molecule has 1 saturated heterocycles. The summed E-state index contributed by atoms with van der Waals surface area (Å²) in [4.78, 5) is 24.1. The maximum absolute atomic E-state index is 15.2. The number of aromatic nitrogens is 4. The molecular formula is C26H25ClFN5O7. The van der Waals surface area contributed by atoms with E-state index in [9.17, 15) is 25.2 Å². The number of aliphatic hydroxyl groups is 3. The largest absolute Gasteiger partial charge is 0.479 e. The van der Waals surface area contributed by atoms with Gasteiger partial charge in [0.15, 0.2) is 30.2 Å². The number of aliphatic hydroxyl groups excluding tert-OH is 2. The number of hydrogen-bond donors (Lipinski definition) is 5. The molecule has 1 fully saturated rings. The van der Waals surface area contributed by atoms with E-state index >= 15 is 4.39 Å². The lowest BCUT2D eigenvalue weighted by molar-refractivity contribution is -0.231. The van der Waals surface area contributed by atoms with Gasteiger partial charge in [0.25, 0.3) is 0 Å². The fourth-order valence-corrected chi connectivity index (χ4v) is 4.78. The van der Waals surface area contributed by atoms with Gasteiger partial charge >= 0.3 is 5.97 Å². The molecule has 2 aromatic carbocycles. The number of alkyl halides is 1. The van der Waals surface area contributed by atoms with Crippen LogP contribution in [0.15, 0.2) is 60.9 Å². The van der Waals surface area contributed by atoms with Gasteiger partial charge in [0, 0.05) is 6.42 Å². The molecule has 0 radical (unpaired) electrons. The van der Waals surface area contributed by atoms with Crippen molar-refractivity contribution in [1.29, 1.82) is 0 Å². The number of carboxylic acids is 1. The number of rotatable bonds is 9. The Bertz CT molecular complexity index is 1510. The third-order valence-electron chi connectivity index (χ3n) is 6.80. The van der Waals surface area contributed by atoms with E-state index in [4.69, 9.17) is 26.8 Å². The van der Waals surface area contributed by atoms with Crippen molar-refractivity contribution in [3.05, 3.63) is 71.8 Å². The maximum atomic E-state index is 15.2. The Morgan fingerprint density at radius 2 is 1.82 bits per heavy atom. The molecule has 14 heteroatoms. The molecule has 0 spiro atoms. The number of aliphatic carboxylic acids is 1. The van der Waals surface area contributed by atoms with E-state index in [1.807, 2.05) is 30.3 Å². The Morgan fingerprint density at radius 1 is 1.15 bits per heavy atom. The summed E-state index contributed by atoms with van der Waals surface area (Å²) in [6.45, 7) is -0.686. The van der Waals surface area contributed by atoms with Gasteiger partial charge in [-0.05, 0) is 28.3 Å². The minimum atomic E-state index is -2.54. The lowest BCUT2D eigenvalue weighted by atomic mass is 9.92. The summed E-state index contributed by atoms with van der Waals surface area (Å²) in [7, 11) is 0. The molecule has 12 nitrogen and oxygen atoms in total. The number of ether oxygens (including phenoxy) is 2. The fourth-order valence-electron chi connectivity index (χ4n) is 4.61. The standard InChI is InChI=1S/C26H25ClFN5O7/c27-25-31-20(29)18-21(32-25)33(12-30-18)22-17(28)19(34)16(40-22)11-39-26(23(35)36,24(37)38)10-13-6-8-15(9-7-13)14-4-2-1-3-5-14/h1-9,12,16-17,19,22-23,34-36H,10-11H2,(H,37,38)(H2,29,31,32)/t16-,17+,19-,22-,26?/m1/s1. The smallest absolute Gasteiger partial charge is 0.341 e. The van der Waals surface area contributed by atoms with Gasteiger partial charge in [0.05, 0.1) is 12.9 Å². The SMILES string of the molecule is Nc1nc(Cl)nc2c1ncn2[C@@H]1O[C@H](COC(Cc2ccc(-c3ccccc3)cc2)(C(=O)O)C(O)O)[C@@H](O)[C@@H]1F. The molecule has 5 atom stereocenters. The van der Waals surface area contributed by atoms with Crippen LogP contribution in [0.4, 0.5) is 10.2 Å². The minimum absolute atomic E-state index is 0.0393. The van der Waals surface area contributed by atoms with Crippen LogP contribution >= 0.6 is 11.6 Å². The summed E-state index contributed by atoms with van der Waals surface area (Å²) in [5, 5.41) is 40.5. The predicted octanol–water partition coefficient (Wildman–Crippen LogP) is 1.72. The molecule has 5 rings (SSSR count). The van der Waals surface area contributed by atoms with Crippen molar-refractivity contribution in [1.82, 2.24) is 19.5 Å². The first kappa shape index (κ1) is 27.8. The Kier molecular flexibility index (Phi) is 7.68. The van der Waals surface area contributed by atoms with Gasteiger partial charge in [-0.3, -0.25) is 4.57 Å².